The highest BCUT2D eigenvalue weighted by molar-refractivity contribution is 7.92. The van der Waals surface area contributed by atoms with E-state index in [0.29, 0.717) is 5.69 Å². The number of hydrogen-bond acceptors (Lipinski definition) is 3. The van der Waals surface area contributed by atoms with E-state index in [9.17, 15) is 13.2 Å². The van der Waals surface area contributed by atoms with Crippen LogP contribution in [0, 0.1) is 20.8 Å². The van der Waals surface area contributed by atoms with Crippen LogP contribution in [-0.2, 0) is 10.0 Å². The average molecular weight is 457 g/mol. The van der Waals surface area contributed by atoms with Crippen LogP contribution in [0.25, 0.3) is 0 Å². The molecule has 0 saturated carbocycles. The first kappa shape index (κ1) is 22.8. The summed E-state index contributed by atoms with van der Waals surface area (Å²) in [4.78, 5) is 12.6. The quantitative estimate of drug-likeness (QED) is 0.510. The molecule has 3 aromatic rings. The van der Waals surface area contributed by atoms with Gasteiger partial charge in [0.1, 0.15) is 4.90 Å². The molecule has 5 nitrogen and oxygen atoms in total. The number of hydrogen-bond donors (Lipinski definition) is 2. The van der Waals surface area contributed by atoms with Gasteiger partial charge in [-0.1, -0.05) is 53.6 Å². The van der Waals surface area contributed by atoms with Gasteiger partial charge in [0.05, 0.1) is 16.8 Å². The van der Waals surface area contributed by atoms with Gasteiger partial charge in [0, 0.05) is 5.56 Å². The molecule has 2 N–H and O–H groups in total. The lowest BCUT2D eigenvalue weighted by atomic mass is 10.1. The van der Waals surface area contributed by atoms with Crippen LogP contribution in [0.4, 0.5) is 5.69 Å². The molecule has 0 aromatic heterocycles. The topological polar surface area (TPSA) is 75.3 Å². The summed E-state index contributed by atoms with van der Waals surface area (Å²) >= 11 is 6.19. The second-order valence-electron chi connectivity index (χ2n) is 7.60. The molecule has 0 bridgehead atoms. The van der Waals surface area contributed by atoms with E-state index in [0.717, 1.165) is 22.3 Å². The molecular weight excluding hydrogens is 432 g/mol. The average Bonchev–Trinajstić information content (AvgIpc) is 2.72. The summed E-state index contributed by atoms with van der Waals surface area (Å²) in [5, 5.41) is 2.94. The Morgan fingerprint density at radius 3 is 2.32 bits per heavy atom. The van der Waals surface area contributed by atoms with E-state index in [1.54, 1.807) is 12.1 Å². The van der Waals surface area contributed by atoms with Gasteiger partial charge in [0.25, 0.3) is 15.9 Å². The molecule has 1 atom stereocenters. The maximum absolute atomic E-state index is 13.0. The molecule has 3 aromatic carbocycles. The highest BCUT2D eigenvalue weighted by atomic mass is 35.5. The van der Waals surface area contributed by atoms with E-state index >= 15 is 0 Å². The molecule has 0 fully saturated rings. The van der Waals surface area contributed by atoms with Crippen LogP contribution in [-0.4, -0.2) is 14.3 Å². The molecule has 0 saturated heterocycles. The fraction of sp³-hybridized carbons (Fsp3) is 0.208. The van der Waals surface area contributed by atoms with E-state index in [1.807, 2.05) is 58.0 Å². The smallest absolute Gasteiger partial charge is 0.263 e. The first-order chi connectivity index (χ1) is 14.6. The molecule has 0 spiro atoms. The summed E-state index contributed by atoms with van der Waals surface area (Å²) in [5.41, 5.74) is 4.56. The van der Waals surface area contributed by atoms with Gasteiger partial charge in [-0.15, -0.1) is 0 Å². The second-order valence-corrected chi connectivity index (χ2v) is 9.66. The second kappa shape index (κ2) is 9.12. The molecule has 3 rings (SSSR count). The summed E-state index contributed by atoms with van der Waals surface area (Å²) in [5.74, 6) is -0.382. The number of carbonyl (C=O) groups is 1. The summed E-state index contributed by atoms with van der Waals surface area (Å²) in [6.07, 6.45) is 0. The predicted molar refractivity (Wildman–Crippen MR) is 125 cm³/mol. The molecule has 0 radical (unpaired) electrons. The maximum Gasteiger partial charge on any atom is 0.263 e. The number of amides is 1. The lowest BCUT2D eigenvalue weighted by Gasteiger charge is -2.16. The first-order valence-corrected chi connectivity index (χ1v) is 11.7. The normalized spacial score (nSPS) is 12.3. The molecule has 31 heavy (non-hydrogen) atoms. The third-order valence-corrected chi connectivity index (χ3v) is 7.10. The van der Waals surface area contributed by atoms with Crippen molar-refractivity contribution >= 4 is 33.2 Å². The number of aryl methyl sites for hydroxylation is 2. The van der Waals surface area contributed by atoms with E-state index in [4.69, 9.17) is 11.6 Å². The number of anilines is 1. The number of sulfonamides is 1. The number of halogens is 1. The fourth-order valence-electron chi connectivity index (χ4n) is 3.13. The molecule has 7 heteroatoms. The van der Waals surface area contributed by atoms with Crippen LogP contribution in [0.5, 0.6) is 0 Å². The molecule has 0 unspecified atom stereocenters. The minimum absolute atomic E-state index is 0.0425. The van der Waals surface area contributed by atoms with Gasteiger partial charge in [0.2, 0.25) is 0 Å². The standard InChI is InChI=1S/C24H25ClN2O3S/c1-15-8-10-19(11-9-15)18(4)26-24(28)20-12-13-21(25)23(14-20)31(29,30)27-22-7-5-6-16(2)17(22)3/h5-14,18,27H,1-4H3,(H,26,28)/t18-/m0/s1. The van der Waals surface area contributed by atoms with Crippen molar-refractivity contribution in [1.82, 2.24) is 5.32 Å². The predicted octanol–water partition coefficient (Wildman–Crippen LogP) is 5.56. The molecule has 0 aliphatic heterocycles. The SMILES string of the molecule is Cc1ccc([C@H](C)NC(=O)c2ccc(Cl)c(S(=O)(=O)Nc3cccc(C)c3C)c2)cc1. The minimum atomic E-state index is -3.99. The summed E-state index contributed by atoms with van der Waals surface area (Å²) in [7, 11) is -3.99. The van der Waals surface area contributed by atoms with Gasteiger partial charge in [0.15, 0.2) is 0 Å². The van der Waals surface area contributed by atoms with Gasteiger partial charge < -0.3 is 5.32 Å². The third-order valence-electron chi connectivity index (χ3n) is 5.26. The lowest BCUT2D eigenvalue weighted by molar-refractivity contribution is 0.0939. The van der Waals surface area contributed by atoms with Crippen LogP contribution in [0.1, 0.15) is 45.6 Å². The highest BCUT2D eigenvalue weighted by Crippen LogP contribution is 2.27. The van der Waals surface area contributed by atoms with Gasteiger partial charge in [-0.3, -0.25) is 9.52 Å². The molecule has 162 valence electrons. The molecular formula is C24H25ClN2O3S. The Bertz CT molecular complexity index is 1220. The van der Waals surface area contributed by atoms with Crippen molar-refractivity contribution in [3.05, 3.63) is 93.5 Å². The minimum Gasteiger partial charge on any atom is -0.346 e. The Morgan fingerprint density at radius 1 is 0.968 bits per heavy atom. The van der Waals surface area contributed by atoms with Crippen LogP contribution in [0.3, 0.4) is 0 Å². The number of nitrogens with one attached hydrogen (secondary N) is 2. The van der Waals surface area contributed by atoms with E-state index in [1.165, 1.54) is 18.2 Å². The fourth-order valence-corrected chi connectivity index (χ4v) is 4.78. The van der Waals surface area contributed by atoms with Gasteiger partial charge in [-0.05, 0) is 68.7 Å². The summed E-state index contributed by atoms with van der Waals surface area (Å²) in [6.45, 7) is 7.61. The van der Waals surface area contributed by atoms with Crippen molar-refractivity contribution in [2.45, 2.75) is 38.6 Å². The van der Waals surface area contributed by atoms with Crippen LogP contribution >= 0.6 is 11.6 Å². The van der Waals surface area contributed by atoms with Crippen molar-refractivity contribution in [2.24, 2.45) is 0 Å². The largest absolute Gasteiger partial charge is 0.346 e. The Kier molecular flexibility index (Phi) is 6.72. The zero-order valence-electron chi connectivity index (χ0n) is 17.9. The van der Waals surface area contributed by atoms with E-state index < -0.39 is 10.0 Å². The summed E-state index contributed by atoms with van der Waals surface area (Å²) in [6, 6.07) is 17.2. The molecule has 0 heterocycles. The Morgan fingerprint density at radius 2 is 1.65 bits per heavy atom. The third kappa shape index (κ3) is 5.27. The van der Waals surface area contributed by atoms with Crippen molar-refractivity contribution in [1.29, 1.82) is 0 Å². The summed E-state index contributed by atoms with van der Waals surface area (Å²) < 4.78 is 28.6. The molecule has 0 aliphatic carbocycles. The van der Waals surface area contributed by atoms with E-state index in [-0.39, 0.29) is 27.4 Å². The van der Waals surface area contributed by atoms with Crippen LogP contribution in [0.15, 0.2) is 65.6 Å². The van der Waals surface area contributed by atoms with Gasteiger partial charge >= 0.3 is 0 Å². The van der Waals surface area contributed by atoms with Crippen molar-refractivity contribution in [2.75, 3.05) is 4.72 Å². The van der Waals surface area contributed by atoms with Crippen molar-refractivity contribution < 1.29 is 13.2 Å². The monoisotopic (exact) mass is 456 g/mol. The number of carbonyl (C=O) groups excluding carboxylic acids is 1. The van der Waals surface area contributed by atoms with Gasteiger partial charge in [-0.2, -0.15) is 0 Å². The maximum atomic E-state index is 13.0. The molecule has 0 aliphatic rings. The highest BCUT2D eigenvalue weighted by Gasteiger charge is 2.22. The first-order valence-electron chi connectivity index (χ1n) is 9.84. The zero-order chi connectivity index (χ0) is 22.8. The van der Waals surface area contributed by atoms with E-state index in [2.05, 4.69) is 10.0 Å². The Labute approximate surface area is 188 Å². The van der Waals surface area contributed by atoms with Crippen LogP contribution in [0.2, 0.25) is 5.02 Å². The Balaban J connectivity index is 1.85. The molecule has 1 amide bonds. The lowest BCUT2D eigenvalue weighted by Crippen LogP contribution is -2.27. The van der Waals surface area contributed by atoms with Crippen molar-refractivity contribution in [3.63, 3.8) is 0 Å². The van der Waals surface area contributed by atoms with Gasteiger partial charge in [-0.25, -0.2) is 8.42 Å². The number of benzene rings is 3. The number of rotatable bonds is 6. The van der Waals surface area contributed by atoms with Crippen LogP contribution < -0.4 is 10.0 Å². The zero-order valence-corrected chi connectivity index (χ0v) is 19.4. The Hall–Kier alpha value is -2.83. The van der Waals surface area contributed by atoms with Crippen molar-refractivity contribution in [3.8, 4) is 0 Å².